The quantitative estimate of drug-likeness (QED) is 0.367. The Morgan fingerprint density at radius 2 is 1.87 bits per heavy atom. The summed E-state index contributed by atoms with van der Waals surface area (Å²) >= 11 is 5.87. The molecule has 0 saturated carbocycles. The van der Waals surface area contributed by atoms with Gasteiger partial charge in [-0.1, -0.05) is 11.6 Å². The van der Waals surface area contributed by atoms with E-state index in [2.05, 4.69) is 5.32 Å². The van der Waals surface area contributed by atoms with Crippen LogP contribution in [0.5, 0.6) is 0 Å². The van der Waals surface area contributed by atoms with Gasteiger partial charge in [0.1, 0.15) is 11.1 Å². The maximum absolute atomic E-state index is 14.7. The van der Waals surface area contributed by atoms with E-state index in [4.69, 9.17) is 16.7 Å². The number of nitro benzene ring substituents is 1. The van der Waals surface area contributed by atoms with Gasteiger partial charge < -0.3 is 20.1 Å². The van der Waals surface area contributed by atoms with Gasteiger partial charge in [-0.3, -0.25) is 19.7 Å². The lowest BCUT2D eigenvalue weighted by Gasteiger charge is -2.16. The summed E-state index contributed by atoms with van der Waals surface area (Å²) in [7, 11) is 0. The molecule has 0 aliphatic rings. The smallest absolute Gasteiger partial charge is 0.341 e. The summed E-state index contributed by atoms with van der Waals surface area (Å²) in [6.45, 7) is -0.322. The molecule has 1 aromatic heterocycles. The van der Waals surface area contributed by atoms with Crippen LogP contribution in [0.25, 0.3) is 16.6 Å². The van der Waals surface area contributed by atoms with Crippen molar-refractivity contribution in [1.82, 2.24) is 4.57 Å². The Labute approximate surface area is 177 Å². The molecule has 3 N–H and O–H groups in total. The minimum Gasteiger partial charge on any atom is -0.481 e. The number of benzene rings is 2. The number of hydrogen-bond acceptors (Lipinski definition) is 6. The molecule has 3 rings (SSSR count). The van der Waals surface area contributed by atoms with Crippen LogP contribution < -0.4 is 10.7 Å². The van der Waals surface area contributed by atoms with Gasteiger partial charge in [0.15, 0.2) is 11.5 Å². The number of hydrogen-bond donors (Lipinski definition) is 3. The van der Waals surface area contributed by atoms with Gasteiger partial charge in [0.05, 0.1) is 16.7 Å². The third-order valence-electron chi connectivity index (χ3n) is 4.37. The van der Waals surface area contributed by atoms with E-state index in [1.165, 1.54) is 24.3 Å². The maximum atomic E-state index is 14.7. The molecule has 0 amide bonds. The minimum absolute atomic E-state index is 0.225. The number of aromatic carboxylic acids is 1. The van der Waals surface area contributed by atoms with Gasteiger partial charge in [-0.25, -0.2) is 9.18 Å². The van der Waals surface area contributed by atoms with Crippen LogP contribution in [0, 0.1) is 15.9 Å². The SMILES string of the molecule is O=C(O)CCNc1c(F)cc2c(=O)c(C(=O)O)cn(-c3ccc(Cl)cc3)c2c1[N+](=O)[O-]. The molecule has 0 fully saturated rings. The highest BCUT2D eigenvalue weighted by Gasteiger charge is 2.29. The molecular formula is C19H13ClFN3O7. The standard InChI is InChI=1S/C19H13ClFN3O7/c20-9-1-3-10(4-2-9)23-8-12(19(28)29)18(27)11-7-13(21)15(22-6-5-14(25)26)17(16(11)23)24(30)31/h1-4,7-8,22H,5-6H2,(H,25,26)(H,28,29). The van der Waals surface area contributed by atoms with Crippen LogP contribution in [-0.2, 0) is 4.79 Å². The van der Waals surface area contributed by atoms with Gasteiger partial charge in [0, 0.05) is 23.5 Å². The van der Waals surface area contributed by atoms with Gasteiger partial charge in [-0.15, -0.1) is 0 Å². The highest BCUT2D eigenvalue weighted by Crippen LogP contribution is 2.36. The second-order valence-corrected chi connectivity index (χ2v) is 6.77. The Morgan fingerprint density at radius 1 is 1.23 bits per heavy atom. The summed E-state index contributed by atoms with van der Waals surface area (Å²) in [6, 6.07) is 6.45. The average molecular weight is 450 g/mol. The third kappa shape index (κ3) is 4.16. The number of carbonyl (C=O) groups is 2. The van der Waals surface area contributed by atoms with E-state index in [1.807, 2.05) is 0 Å². The number of carboxylic acids is 2. The van der Waals surface area contributed by atoms with Gasteiger partial charge in [-0.2, -0.15) is 0 Å². The number of rotatable bonds is 7. The van der Waals surface area contributed by atoms with Crippen LogP contribution in [0.4, 0.5) is 15.8 Å². The molecule has 12 heteroatoms. The summed E-state index contributed by atoms with van der Waals surface area (Å²) in [5.74, 6) is -4.01. The number of halogens is 2. The molecular weight excluding hydrogens is 437 g/mol. The number of nitrogens with one attached hydrogen (secondary N) is 1. The number of aliphatic carboxylic acids is 1. The molecule has 0 unspecified atom stereocenters. The predicted octanol–water partition coefficient (Wildman–Crippen LogP) is 3.28. The Morgan fingerprint density at radius 3 is 2.42 bits per heavy atom. The molecule has 2 aromatic carbocycles. The minimum atomic E-state index is -1.60. The van der Waals surface area contributed by atoms with Crippen molar-refractivity contribution < 1.29 is 29.1 Å². The van der Waals surface area contributed by atoms with Crippen molar-refractivity contribution in [3.05, 3.63) is 73.3 Å². The largest absolute Gasteiger partial charge is 0.481 e. The molecule has 0 radical (unpaired) electrons. The highest BCUT2D eigenvalue weighted by atomic mass is 35.5. The van der Waals surface area contributed by atoms with Crippen LogP contribution in [0.3, 0.4) is 0 Å². The summed E-state index contributed by atoms with van der Waals surface area (Å²) in [4.78, 5) is 45.9. The number of nitro groups is 1. The van der Waals surface area contributed by atoms with E-state index in [0.29, 0.717) is 11.1 Å². The Bertz CT molecular complexity index is 1290. The summed E-state index contributed by atoms with van der Waals surface area (Å²) < 4.78 is 15.8. The number of fused-ring (bicyclic) bond motifs is 1. The van der Waals surface area contributed by atoms with Gasteiger partial charge >= 0.3 is 17.6 Å². The van der Waals surface area contributed by atoms with Crippen LogP contribution in [0.2, 0.25) is 5.02 Å². The van der Waals surface area contributed by atoms with E-state index in [0.717, 1.165) is 10.8 Å². The summed E-state index contributed by atoms with van der Waals surface area (Å²) in [5, 5.41) is 32.2. The van der Waals surface area contributed by atoms with E-state index in [-0.39, 0.29) is 17.7 Å². The number of nitrogens with zero attached hydrogens (tertiary/aromatic N) is 2. The molecule has 0 atom stereocenters. The van der Waals surface area contributed by atoms with Crippen molar-refractivity contribution in [1.29, 1.82) is 0 Å². The molecule has 31 heavy (non-hydrogen) atoms. The van der Waals surface area contributed by atoms with Crippen molar-refractivity contribution in [2.75, 3.05) is 11.9 Å². The van der Waals surface area contributed by atoms with Crippen LogP contribution in [0.1, 0.15) is 16.8 Å². The first kappa shape index (κ1) is 21.7. The maximum Gasteiger partial charge on any atom is 0.341 e. The Kier molecular flexibility index (Phi) is 5.88. The van der Waals surface area contributed by atoms with Crippen LogP contribution in [-0.4, -0.2) is 38.2 Å². The highest BCUT2D eigenvalue weighted by molar-refractivity contribution is 6.30. The van der Waals surface area contributed by atoms with Crippen LogP contribution >= 0.6 is 11.6 Å². The van der Waals surface area contributed by atoms with E-state index in [1.54, 1.807) is 0 Å². The van der Waals surface area contributed by atoms with Crippen molar-refractivity contribution in [2.24, 2.45) is 0 Å². The van der Waals surface area contributed by atoms with E-state index in [9.17, 15) is 34.0 Å². The average Bonchev–Trinajstić information content (AvgIpc) is 2.69. The number of aromatic nitrogens is 1. The molecule has 0 saturated heterocycles. The molecule has 10 nitrogen and oxygen atoms in total. The number of carboxylic acid groups (broad SMARTS) is 2. The van der Waals surface area contributed by atoms with Crippen LogP contribution in [0.15, 0.2) is 41.3 Å². The first-order valence-corrected chi connectivity index (χ1v) is 9.00. The Hall–Kier alpha value is -3.99. The van der Waals surface area contributed by atoms with Crippen molar-refractivity contribution in [3.63, 3.8) is 0 Å². The van der Waals surface area contributed by atoms with Gasteiger partial charge in [-0.05, 0) is 30.3 Å². The number of pyridine rings is 1. The second-order valence-electron chi connectivity index (χ2n) is 6.33. The molecule has 0 aliphatic heterocycles. The monoisotopic (exact) mass is 449 g/mol. The lowest BCUT2D eigenvalue weighted by molar-refractivity contribution is -0.382. The van der Waals surface area contributed by atoms with E-state index >= 15 is 0 Å². The predicted molar refractivity (Wildman–Crippen MR) is 109 cm³/mol. The Balaban J connectivity index is 2.44. The normalized spacial score (nSPS) is 10.8. The third-order valence-corrected chi connectivity index (χ3v) is 4.62. The first-order chi connectivity index (χ1) is 14.6. The van der Waals surface area contributed by atoms with Gasteiger partial charge in [0.2, 0.25) is 5.43 Å². The van der Waals surface area contributed by atoms with Crippen molar-refractivity contribution >= 4 is 45.8 Å². The zero-order valence-corrected chi connectivity index (χ0v) is 16.2. The molecule has 3 aromatic rings. The van der Waals surface area contributed by atoms with Gasteiger partial charge in [0.25, 0.3) is 0 Å². The van der Waals surface area contributed by atoms with Crippen molar-refractivity contribution in [3.8, 4) is 5.69 Å². The molecule has 0 bridgehead atoms. The van der Waals surface area contributed by atoms with E-state index < -0.39 is 56.9 Å². The first-order valence-electron chi connectivity index (χ1n) is 8.63. The fraction of sp³-hybridized carbons (Fsp3) is 0.105. The van der Waals surface area contributed by atoms with Crippen molar-refractivity contribution in [2.45, 2.75) is 6.42 Å². The molecule has 160 valence electrons. The topological polar surface area (TPSA) is 152 Å². The second kappa shape index (κ2) is 8.40. The molecule has 0 aliphatic carbocycles. The molecule has 0 spiro atoms. The molecule has 1 heterocycles. The number of anilines is 1. The lowest BCUT2D eigenvalue weighted by atomic mass is 10.1. The fourth-order valence-corrected chi connectivity index (χ4v) is 3.16. The summed E-state index contributed by atoms with van der Waals surface area (Å²) in [5.41, 5.74) is -3.42. The zero-order chi connectivity index (χ0) is 22.9. The summed E-state index contributed by atoms with van der Waals surface area (Å²) in [6.07, 6.45) is 0.457. The lowest BCUT2D eigenvalue weighted by Crippen LogP contribution is -2.20. The zero-order valence-electron chi connectivity index (χ0n) is 15.5. The fourth-order valence-electron chi connectivity index (χ4n) is 3.04.